The van der Waals surface area contributed by atoms with Gasteiger partial charge in [0, 0.05) is 30.9 Å². The van der Waals surface area contributed by atoms with E-state index in [1.54, 1.807) is 12.1 Å². The molecule has 5 aliphatic rings. The minimum Gasteiger partial charge on any atom is -0.481 e. The van der Waals surface area contributed by atoms with Crippen LogP contribution in [0.2, 0.25) is 0 Å². The fourth-order valence-electron chi connectivity index (χ4n) is 7.26. The van der Waals surface area contributed by atoms with Crippen LogP contribution in [0.5, 0.6) is 0 Å². The molecule has 6 atom stereocenters. The third kappa shape index (κ3) is 8.64. The summed E-state index contributed by atoms with van der Waals surface area (Å²) in [5.74, 6) is -5.19. The van der Waals surface area contributed by atoms with Crippen molar-refractivity contribution in [2.75, 3.05) is 6.54 Å². The second-order valence-electron chi connectivity index (χ2n) is 14.6. The van der Waals surface area contributed by atoms with E-state index >= 15 is 0 Å². The Hall–Kier alpha value is -4.58. The van der Waals surface area contributed by atoms with Crippen LogP contribution in [-0.2, 0) is 51.8 Å². The Morgan fingerprint density at radius 2 is 1.89 bits per heavy atom. The van der Waals surface area contributed by atoms with E-state index < -0.39 is 92.5 Å². The maximum atomic E-state index is 14.4. The number of sulfonamides is 1. The number of nitrogens with zero attached hydrogens (tertiary/aromatic N) is 2. The van der Waals surface area contributed by atoms with E-state index in [-0.39, 0.29) is 51.7 Å². The third-order valence-electron chi connectivity index (χ3n) is 10.6. The highest BCUT2D eigenvalue weighted by atomic mass is 32.2. The number of carboxylic acids is 1. The van der Waals surface area contributed by atoms with Crippen molar-refractivity contribution in [1.29, 1.82) is 0 Å². The molecule has 1 aromatic rings. The highest BCUT2D eigenvalue weighted by molar-refractivity contribution is 7.91. The number of carboxylic acid groups (broad SMARTS) is 1. The molecule has 0 unspecified atom stereocenters. The zero-order valence-corrected chi connectivity index (χ0v) is 29.9. The molecule has 0 bridgehead atoms. The van der Waals surface area contributed by atoms with Crippen LogP contribution in [0.4, 0.5) is 9.18 Å². The van der Waals surface area contributed by atoms with Gasteiger partial charge in [0.1, 0.15) is 29.5 Å². The van der Waals surface area contributed by atoms with E-state index in [1.807, 2.05) is 6.08 Å². The zero-order valence-electron chi connectivity index (χ0n) is 29.1. The Kier molecular flexibility index (Phi) is 11.1. The summed E-state index contributed by atoms with van der Waals surface area (Å²) in [5.41, 5.74) is 5.33. The highest BCUT2D eigenvalue weighted by Gasteiger charge is 2.62. The van der Waals surface area contributed by atoms with E-state index in [9.17, 15) is 41.6 Å². The van der Waals surface area contributed by atoms with Crippen LogP contribution in [0, 0.1) is 11.7 Å². The molecule has 5 amide bonds. The Balaban J connectivity index is 1.24. The summed E-state index contributed by atoms with van der Waals surface area (Å²) in [5, 5.41) is 13.7. The Morgan fingerprint density at radius 3 is 2.60 bits per heavy atom. The van der Waals surface area contributed by atoms with Gasteiger partial charge in [-0.2, -0.15) is 0 Å². The highest BCUT2D eigenvalue weighted by Crippen LogP contribution is 2.46. The lowest BCUT2D eigenvalue weighted by atomic mass is 10.0. The largest absolute Gasteiger partial charge is 0.481 e. The van der Waals surface area contributed by atoms with Crippen molar-refractivity contribution in [2.24, 2.45) is 11.7 Å². The van der Waals surface area contributed by atoms with Gasteiger partial charge >= 0.3 is 12.1 Å². The van der Waals surface area contributed by atoms with Gasteiger partial charge in [-0.05, 0) is 56.6 Å². The van der Waals surface area contributed by atoms with Crippen LogP contribution in [0.15, 0.2) is 30.4 Å². The van der Waals surface area contributed by atoms with Gasteiger partial charge in [-0.25, -0.2) is 17.6 Å². The number of amides is 5. The Morgan fingerprint density at radius 1 is 1.11 bits per heavy atom. The number of nitrogens with one attached hydrogen (secondary N) is 3. The number of allylic oxidation sites excluding steroid dienone is 1. The van der Waals surface area contributed by atoms with E-state index in [1.165, 1.54) is 21.9 Å². The van der Waals surface area contributed by atoms with Gasteiger partial charge in [0.2, 0.25) is 27.7 Å². The van der Waals surface area contributed by atoms with Crippen molar-refractivity contribution in [1.82, 2.24) is 25.2 Å². The van der Waals surface area contributed by atoms with Crippen molar-refractivity contribution in [3.05, 3.63) is 47.3 Å². The summed E-state index contributed by atoms with van der Waals surface area (Å²) in [6, 6.07) is 0.841. The van der Waals surface area contributed by atoms with Gasteiger partial charge in [0.05, 0.1) is 24.4 Å². The first-order valence-corrected chi connectivity index (χ1v) is 19.6. The Bertz CT molecular complexity index is 1800. The Labute approximate surface area is 306 Å². The molecule has 18 heteroatoms. The number of fused-ring (bicyclic) bond motifs is 3. The molecule has 53 heavy (non-hydrogen) atoms. The summed E-state index contributed by atoms with van der Waals surface area (Å²) in [6.07, 6.45) is 4.73. The molecular formula is C35H45FN6O10S. The topological polar surface area (TPSA) is 235 Å². The molecule has 6 N–H and O–H groups in total. The first-order valence-electron chi connectivity index (χ1n) is 18.0. The number of carbonyl (C=O) groups is 6. The normalized spacial score (nSPS) is 28.6. The molecule has 2 saturated carbocycles. The molecule has 288 valence electrons. The van der Waals surface area contributed by atoms with Crippen molar-refractivity contribution in [3.63, 3.8) is 0 Å². The quantitative estimate of drug-likeness (QED) is 0.222. The molecule has 6 rings (SSSR count). The first kappa shape index (κ1) is 38.2. The van der Waals surface area contributed by atoms with Crippen LogP contribution in [0.3, 0.4) is 0 Å². The zero-order chi connectivity index (χ0) is 38.1. The second kappa shape index (κ2) is 15.4. The predicted molar refractivity (Wildman–Crippen MR) is 184 cm³/mol. The lowest BCUT2D eigenvalue weighted by Crippen LogP contribution is -2.59. The minimum atomic E-state index is -3.95. The van der Waals surface area contributed by atoms with E-state index in [0.29, 0.717) is 49.7 Å². The molecule has 0 aromatic heterocycles. The van der Waals surface area contributed by atoms with Gasteiger partial charge in [0.15, 0.2) is 0 Å². The number of benzene rings is 1. The lowest BCUT2D eigenvalue weighted by molar-refractivity contribution is -0.142. The molecule has 3 heterocycles. The fourth-order valence-corrected chi connectivity index (χ4v) is 8.63. The smallest absolute Gasteiger partial charge is 0.410 e. The van der Waals surface area contributed by atoms with E-state index in [4.69, 9.17) is 15.6 Å². The van der Waals surface area contributed by atoms with Crippen LogP contribution in [0.25, 0.3) is 0 Å². The first-order chi connectivity index (χ1) is 25.2. The molecule has 3 aliphatic heterocycles. The van der Waals surface area contributed by atoms with Crippen molar-refractivity contribution >= 4 is 45.7 Å². The van der Waals surface area contributed by atoms with Gasteiger partial charge in [-0.1, -0.05) is 37.1 Å². The average molecular weight is 761 g/mol. The number of carbonyl (C=O) groups excluding carboxylic acids is 5. The maximum absolute atomic E-state index is 14.4. The summed E-state index contributed by atoms with van der Waals surface area (Å²) in [7, 11) is -3.95. The summed E-state index contributed by atoms with van der Waals surface area (Å²) >= 11 is 0. The number of rotatable bonds is 9. The van der Waals surface area contributed by atoms with E-state index in [2.05, 4.69) is 15.4 Å². The van der Waals surface area contributed by atoms with Crippen molar-refractivity contribution in [2.45, 2.75) is 119 Å². The summed E-state index contributed by atoms with van der Waals surface area (Å²) in [6.45, 7) is -0.196. The van der Waals surface area contributed by atoms with Crippen LogP contribution >= 0.6 is 0 Å². The fraction of sp³-hybridized carbons (Fsp3) is 0.600. The average Bonchev–Trinajstić information content (AvgIpc) is 3.99. The monoisotopic (exact) mass is 760 g/mol. The number of hydrogen-bond acceptors (Lipinski definition) is 10. The van der Waals surface area contributed by atoms with Gasteiger partial charge < -0.3 is 31.1 Å². The van der Waals surface area contributed by atoms with Crippen LogP contribution < -0.4 is 21.1 Å². The van der Waals surface area contributed by atoms with Crippen LogP contribution in [0.1, 0.15) is 81.8 Å². The lowest BCUT2D eigenvalue weighted by Gasteiger charge is -2.30. The molecule has 3 fully saturated rings. The van der Waals surface area contributed by atoms with Crippen molar-refractivity contribution in [3.8, 4) is 0 Å². The second-order valence-corrected chi connectivity index (χ2v) is 16.6. The molecule has 0 spiro atoms. The minimum absolute atomic E-state index is 0.0351. The van der Waals surface area contributed by atoms with Crippen molar-refractivity contribution < 1.29 is 51.4 Å². The van der Waals surface area contributed by atoms with Gasteiger partial charge in [-0.3, -0.25) is 33.6 Å². The molecule has 16 nitrogen and oxygen atoms in total. The molecular weight excluding hydrogens is 715 g/mol. The van der Waals surface area contributed by atoms with Gasteiger partial charge in [0.25, 0.3) is 5.91 Å². The number of aliphatic carboxylic acids is 1. The standard InChI is InChI=1S/C35H45FN6O10S/c36-25-9-6-7-20-17-41(19-24(20)25)34(49)52-22-15-28-31(46)39-35(33(48)40-53(50,51)23-11-12-23)16-21(35)8-4-2-1-3-5-10-27(32(47)42(28)18-22)38-30(45)26(37)13-14-29(43)44/h4,6-9,21-23,26-28H,1-3,5,10-19,37H2,(H,38,45)(H,39,46)(H,40,48)(H,43,44)/b8-4-/t21-,22+,26+,27-,28-,35+/m0/s1. The number of halogens is 1. The molecule has 0 radical (unpaired) electrons. The SMILES string of the molecule is N[C@H](CCC(=O)O)C(=O)N[C@H]1CCCCC/C=C\[C@H]2C[C@@]2(C(=O)NS(=O)(=O)C2CC2)NC(=O)[C@@H]2C[C@@H](OC(=O)N3Cc4cccc(F)c4C3)CN2C1=O. The molecule has 1 saturated heterocycles. The third-order valence-corrected chi connectivity index (χ3v) is 12.4. The maximum Gasteiger partial charge on any atom is 0.410 e. The predicted octanol–water partition coefficient (Wildman–Crippen LogP) is 0.928. The summed E-state index contributed by atoms with van der Waals surface area (Å²) < 4.78 is 47.8. The number of ether oxygens (including phenoxy) is 1. The number of hydrogen-bond donors (Lipinski definition) is 5. The molecule has 2 aliphatic carbocycles. The number of nitrogens with two attached hydrogens (primary N) is 1. The van der Waals surface area contributed by atoms with E-state index in [0.717, 1.165) is 0 Å². The molecule has 1 aromatic carbocycles. The van der Waals surface area contributed by atoms with Gasteiger partial charge in [-0.15, -0.1) is 0 Å². The summed E-state index contributed by atoms with van der Waals surface area (Å²) in [4.78, 5) is 82.0. The van der Waals surface area contributed by atoms with Crippen LogP contribution in [-0.4, -0.2) is 101 Å².